The molecule has 1 aromatic carbocycles. The summed E-state index contributed by atoms with van der Waals surface area (Å²) in [4.78, 5) is 20.4. The molecule has 0 bridgehead atoms. The Kier molecular flexibility index (Phi) is 6.77. The molecule has 0 unspecified atom stereocenters. The number of nitrogens with zero attached hydrogens (tertiary/aromatic N) is 3. The standard InChI is InChI=1S/C27H35N3OS/c1-28-15-11-22(12-16-28)27-23-8-4-3-7-21(23)9-10-25-24(27)19-26(32-25)30(20-31)18-17-29-13-5-2-6-14-29/h3-4,7-8,19-20H,2,5-6,9-18H2,1H3. The molecular weight excluding hydrogens is 414 g/mol. The highest BCUT2D eigenvalue weighted by molar-refractivity contribution is 7.16. The SMILES string of the molecule is CN1CCC(=C2c3ccccc3CCc3sc(N(C=O)CCN4CCCCC4)cc32)CC1. The molecule has 32 heavy (non-hydrogen) atoms. The number of likely N-dealkylation sites (tertiary alicyclic amines) is 2. The fourth-order valence-corrected chi connectivity index (χ4v) is 6.65. The van der Waals surface area contributed by atoms with E-state index in [0.29, 0.717) is 0 Å². The van der Waals surface area contributed by atoms with Gasteiger partial charge in [-0.15, -0.1) is 11.3 Å². The molecule has 2 saturated heterocycles. The summed E-state index contributed by atoms with van der Waals surface area (Å²) in [6.45, 7) is 6.37. The average Bonchev–Trinajstić information content (AvgIpc) is 3.18. The molecule has 1 aliphatic carbocycles. The molecule has 0 saturated carbocycles. The minimum absolute atomic E-state index is 0.788. The number of benzene rings is 1. The van der Waals surface area contributed by atoms with Crippen LogP contribution in [-0.2, 0) is 17.6 Å². The van der Waals surface area contributed by atoms with Gasteiger partial charge in [0.25, 0.3) is 0 Å². The molecule has 170 valence electrons. The number of thiophene rings is 1. The lowest BCUT2D eigenvalue weighted by Crippen LogP contribution is -2.37. The third-order valence-corrected chi connectivity index (χ3v) is 8.67. The molecule has 1 amide bonds. The highest BCUT2D eigenvalue weighted by Gasteiger charge is 2.26. The molecule has 2 aliphatic heterocycles. The maximum atomic E-state index is 12.1. The predicted molar refractivity (Wildman–Crippen MR) is 135 cm³/mol. The van der Waals surface area contributed by atoms with Gasteiger partial charge in [-0.05, 0) is 87.0 Å². The molecule has 3 heterocycles. The van der Waals surface area contributed by atoms with Gasteiger partial charge in [-0.2, -0.15) is 0 Å². The highest BCUT2D eigenvalue weighted by atomic mass is 32.1. The smallest absolute Gasteiger partial charge is 0.214 e. The van der Waals surface area contributed by atoms with Crippen LogP contribution in [-0.4, -0.2) is 62.5 Å². The molecule has 2 fully saturated rings. The fourth-order valence-electron chi connectivity index (χ4n) is 5.50. The molecule has 1 aromatic heterocycles. The maximum absolute atomic E-state index is 12.1. The number of rotatable bonds is 5. The van der Waals surface area contributed by atoms with Crippen molar-refractivity contribution in [3.05, 3.63) is 57.5 Å². The first-order valence-electron chi connectivity index (χ1n) is 12.3. The Hall–Kier alpha value is -1.95. The van der Waals surface area contributed by atoms with Crippen molar-refractivity contribution in [1.82, 2.24) is 9.80 Å². The largest absolute Gasteiger partial charge is 0.306 e. The quantitative estimate of drug-likeness (QED) is 0.612. The van der Waals surface area contributed by atoms with E-state index in [0.717, 1.165) is 63.3 Å². The van der Waals surface area contributed by atoms with Gasteiger partial charge in [0.05, 0.1) is 5.00 Å². The first-order chi connectivity index (χ1) is 15.7. The van der Waals surface area contributed by atoms with E-state index in [2.05, 4.69) is 47.2 Å². The number of hydrogen-bond acceptors (Lipinski definition) is 4. The van der Waals surface area contributed by atoms with Crippen LogP contribution in [0.5, 0.6) is 0 Å². The van der Waals surface area contributed by atoms with Crippen molar-refractivity contribution in [2.45, 2.75) is 44.9 Å². The average molecular weight is 450 g/mol. The third kappa shape index (κ3) is 4.57. The molecule has 0 atom stereocenters. The van der Waals surface area contributed by atoms with E-state index in [9.17, 15) is 4.79 Å². The molecule has 5 heteroatoms. The Morgan fingerprint density at radius 1 is 0.969 bits per heavy atom. The summed E-state index contributed by atoms with van der Waals surface area (Å²) in [5.41, 5.74) is 7.33. The first-order valence-corrected chi connectivity index (χ1v) is 13.1. The van der Waals surface area contributed by atoms with Gasteiger partial charge in [-0.25, -0.2) is 0 Å². The van der Waals surface area contributed by atoms with E-state index in [1.54, 1.807) is 5.57 Å². The van der Waals surface area contributed by atoms with Crippen molar-refractivity contribution in [1.29, 1.82) is 0 Å². The summed E-state index contributed by atoms with van der Waals surface area (Å²) in [6.07, 6.45) is 9.39. The zero-order valence-electron chi connectivity index (χ0n) is 19.3. The van der Waals surface area contributed by atoms with E-state index < -0.39 is 0 Å². The van der Waals surface area contributed by atoms with Gasteiger partial charge in [0.1, 0.15) is 0 Å². The minimum atomic E-state index is 0.788. The Bertz CT molecular complexity index is 979. The lowest BCUT2D eigenvalue weighted by atomic mass is 9.88. The summed E-state index contributed by atoms with van der Waals surface area (Å²) in [6, 6.07) is 11.3. The monoisotopic (exact) mass is 449 g/mol. The molecule has 0 N–H and O–H groups in total. The topological polar surface area (TPSA) is 26.8 Å². The summed E-state index contributed by atoms with van der Waals surface area (Å²) >= 11 is 1.84. The van der Waals surface area contributed by atoms with Crippen LogP contribution in [0, 0.1) is 0 Å². The van der Waals surface area contributed by atoms with E-state index >= 15 is 0 Å². The lowest BCUT2D eigenvalue weighted by Gasteiger charge is -2.28. The lowest BCUT2D eigenvalue weighted by molar-refractivity contribution is -0.107. The Balaban J connectivity index is 1.47. The minimum Gasteiger partial charge on any atom is -0.306 e. The second kappa shape index (κ2) is 9.90. The van der Waals surface area contributed by atoms with Crippen molar-refractivity contribution in [3.8, 4) is 0 Å². The fraction of sp³-hybridized carbons (Fsp3) is 0.519. The summed E-state index contributed by atoms with van der Waals surface area (Å²) < 4.78 is 0. The number of fused-ring (bicyclic) bond motifs is 2. The Morgan fingerprint density at radius 2 is 1.75 bits per heavy atom. The van der Waals surface area contributed by atoms with Gasteiger partial charge in [0.15, 0.2) is 0 Å². The molecule has 0 radical (unpaired) electrons. The molecular formula is C27H35N3OS. The van der Waals surface area contributed by atoms with Gasteiger partial charge in [-0.3, -0.25) is 4.79 Å². The van der Waals surface area contributed by atoms with E-state index in [1.807, 2.05) is 16.2 Å². The third-order valence-electron chi connectivity index (χ3n) is 7.43. The number of amides is 1. The normalized spacial score (nSPS) is 19.9. The van der Waals surface area contributed by atoms with Crippen molar-refractivity contribution < 1.29 is 4.79 Å². The number of anilines is 1. The number of carbonyl (C=O) groups excluding carboxylic acids is 1. The van der Waals surface area contributed by atoms with Crippen molar-refractivity contribution >= 4 is 28.3 Å². The molecule has 5 rings (SSSR count). The molecule has 0 spiro atoms. The number of aryl methyl sites for hydroxylation is 2. The van der Waals surface area contributed by atoms with Gasteiger partial charge in [-0.1, -0.05) is 36.3 Å². The first kappa shape index (κ1) is 21.9. The van der Waals surface area contributed by atoms with Crippen molar-refractivity contribution in [3.63, 3.8) is 0 Å². The van der Waals surface area contributed by atoms with E-state index in [1.165, 1.54) is 59.5 Å². The van der Waals surface area contributed by atoms with Crippen LogP contribution in [0.15, 0.2) is 35.9 Å². The Morgan fingerprint density at radius 3 is 2.53 bits per heavy atom. The maximum Gasteiger partial charge on any atom is 0.214 e. The molecule has 4 nitrogen and oxygen atoms in total. The van der Waals surface area contributed by atoms with Crippen LogP contribution >= 0.6 is 11.3 Å². The van der Waals surface area contributed by atoms with E-state index in [-0.39, 0.29) is 0 Å². The van der Waals surface area contributed by atoms with Crippen molar-refractivity contribution in [2.24, 2.45) is 0 Å². The van der Waals surface area contributed by atoms with E-state index in [4.69, 9.17) is 0 Å². The van der Waals surface area contributed by atoms with Crippen LogP contribution in [0.3, 0.4) is 0 Å². The number of carbonyl (C=O) groups is 1. The Labute approximate surface area is 196 Å². The van der Waals surface area contributed by atoms with Gasteiger partial charge >= 0.3 is 0 Å². The van der Waals surface area contributed by atoms with Gasteiger partial charge < -0.3 is 14.7 Å². The summed E-state index contributed by atoms with van der Waals surface area (Å²) in [5, 5.41) is 1.12. The van der Waals surface area contributed by atoms with Crippen LogP contribution in [0.1, 0.15) is 53.7 Å². The van der Waals surface area contributed by atoms with Crippen LogP contribution < -0.4 is 4.90 Å². The van der Waals surface area contributed by atoms with Crippen LogP contribution in [0.4, 0.5) is 5.00 Å². The predicted octanol–water partition coefficient (Wildman–Crippen LogP) is 4.82. The number of piperidine rings is 2. The second-order valence-electron chi connectivity index (χ2n) is 9.56. The highest BCUT2D eigenvalue weighted by Crippen LogP contribution is 2.43. The van der Waals surface area contributed by atoms with Crippen LogP contribution in [0.25, 0.3) is 5.57 Å². The number of hydrogen-bond donors (Lipinski definition) is 0. The van der Waals surface area contributed by atoms with Crippen LogP contribution in [0.2, 0.25) is 0 Å². The summed E-state index contributed by atoms with van der Waals surface area (Å²) in [5.74, 6) is 0. The second-order valence-corrected chi connectivity index (χ2v) is 10.7. The van der Waals surface area contributed by atoms with Gasteiger partial charge in [0, 0.05) is 31.1 Å². The zero-order valence-corrected chi connectivity index (χ0v) is 20.1. The summed E-state index contributed by atoms with van der Waals surface area (Å²) in [7, 11) is 2.22. The zero-order chi connectivity index (χ0) is 21.9. The molecule has 2 aromatic rings. The van der Waals surface area contributed by atoms with Crippen molar-refractivity contribution in [2.75, 3.05) is 51.2 Å². The van der Waals surface area contributed by atoms with Gasteiger partial charge in [0.2, 0.25) is 6.41 Å². The molecule has 3 aliphatic rings.